The summed E-state index contributed by atoms with van der Waals surface area (Å²) in [7, 11) is 0. The van der Waals surface area contributed by atoms with Gasteiger partial charge in [-0.05, 0) is 87.9 Å². The van der Waals surface area contributed by atoms with Gasteiger partial charge in [-0.15, -0.1) is 0 Å². The van der Waals surface area contributed by atoms with Crippen molar-refractivity contribution < 1.29 is 9.59 Å². The van der Waals surface area contributed by atoms with Crippen molar-refractivity contribution in [2.45, 2.75) is 198 Å². The van der Waals surface area contributed by atoms with Gasteiger partial charge in [-0.3, -0.25) is 9.59 Å². The molecule has 1 aliphatic rings. The molecule has 0 amide bonds. The second-order valence-corrected chi connectivity index (χ2v) is 18.4. The molecule has 0 radical (unpaired) electrons. The Balaban J connectivity index is 1.87. The van der Waals surface area contributed by atoms with E-state index in [0.29, 0.717) is 35.1 Å². The molecule has 1 aliphatic carbocycles. The zero-order chi connectivity index (χ0) is 38.5. The highest BCUT2D eigenvalue weighted by molar-refractivity contribution is 6.27. The number of carbonyl (C=O) groups is 2. The molecule has 0 bridgehead atoms. The minimum atomic E-state index is 0.0374. The summed E-state index contributed by atoms with van der Waals surface area (Å²) < 4.78 is 0. The Hall–Kier alpha value is -2.22. The third kappa shape index (κ3) is 18.7. The van der Waals surface area contributed by atoms with Crippen LogP contribution in [0.15, 0.2) is 58.7 Å². The first-order valence-corrected chi connectivity index (χ1v) is 22.0. The fourth-order valence-electron chi connectivity index (χ4n) is 8.08. The van der Waals surface area contributed by atoms with Gasteiger partial charge in [0.2, 0.25) is 0 Å². The minimum Gasteiger partial charge on any atom is -0.289 e. The first-order valence-electron chi connectivity index (χ1n) is 22.0. The molecule has 1 aromatic rings. The van der Waals surface area contributed by atoms with Gasteiger partial charge >= 0.3 is 0 Å². The number of fused-ring (bicyclic) bond motifs is 1. The fraction of sp³-hybridized carbons (Fsp3) is 0.720. The first-order chi connectivity index (χ1) is 24.8. The van der Waals surface area contributed by atoms with Gasteiger partial charge in [0.25, 0.3) is 0 Å². The number of hydrogen-bond acceptors (Lipinski definition) is 2. The molecule has 0 aliphatic heterocycles. The summed E-state index contributed by atoms with van der Waals surface area (Å²) in [5.41, 5.74) is 5.21. The zero-order valence-corrected chi connectivity index (χ0v) is 35.9. The van der Waals surface area contributed by atoms with Crippen molar-refractivity contribution in [2.24, 2.45) is 35.5 Å². The quantitative estimate of drug-likeness (QED) is 0.0810. The van der Waals surface area contributed by atoms with Crippen LogP contribution in [0.25, 0.3) is 0 Å². The predicted molar refractivity (Wildman–Crippen MR) is 228 cm³/mol. The fourth-order valence-corrected chi connectivity index (χ4v) is 8.08. The maximum atomic E-state index is 13.8. The second-order valence-electron chi connectivity index (χ2n) is 18.4. The summed E-state index contributed by atoms with van der Waals surface area (Å²) in [6.45, 7) is 23.4. The van der Waals surface area contributed by atoms with Crippen molar-refractivity contribution >= 4 is 11.6 Å². The lowest BCUT2D eigenvalue weighted by Crippen LogP contribution is -2.22. The van der Waals surface area contributed by atoms with E-state index in [2.05, 4.69) is 81.4 Å². The molecule has 4 unspecified atom stereocenters. The van der Waals surface area contributed by atoms with Crippen molar-refractivity contribution in [3.8, 4) is 0 Å². The molecule has 0 aromatic heterocycles. The van der Waals surface area contributed by atoms with E-state index in [1.807, 2.05) is 24.3 Å². The van der Waals surface area contributed by atoms with Crippen molar-refractivity contribution in [3.05, 3.63) is 69.8 Å². The summed E-state index contributed by atoms with van der Waals surface area (Å²) in [6.07, 6.45) is 28.8. The molecule has 4 atom stereocenters. The predicted octanol–water partition coefficient (Wildman–Crippen LogP) is 15.9. The maximum Gasteiger partial charge on any atom is 0.190 e. The van der Waals surface area contributed by atoms with Crippen LogP contribution in [-0.4, -0.2) is 11.6 Å². The Morgan fingerprint density at radius 2 is 0.750 bits per heavy atom. The SMILES string of the molecule is C/C(=C\CC1=C(C/C=C(\C)CCCC(C)CCCC(C)CCCC(C)C)C(=O)c2ccccc2C1=O)CCCC(C)CCCC(C)CCCC(C)C. The topological polar surface area (TPSA) is 34.1 Å². The Kier molecular flexibility index (Phi) is 22.7. The normalized spacial score (nSPS) is 16.5. The Bertz CT molecular complexity index is 1180. The van der Waals surface area contributed by atoms with Gasteiger partial charge in [-0.1, -0.05) is 193 Å². The molecular formula is C50H82O2. The molecule has 0 saturated carbocycles. The molecular weight excluding hydrogens is 633 g/mol. The second kappa shape index (κ2) is 25.7. The van der Waals surface area contributed by atoms with Crippen LogP contribution in [0.1, 0.15) is 218 Å². The Morgan fingerprint density at radius 3 is 1.06 bits per heavy atom. The number of ketones is 2. The van der Waals surface area contributed by atoms with E-state index < -0.39 is 0 Å². The molecule has 2 heteroatoms. The van der Waals surface area contributed by atoms with Crippen LogP contribution in [0.2, 0.25) is 0 Å². The molecule has 52 heavy (non-hydrogen) atoms. The van der Waals surface area contributed by atoms with E-state index in [9.17, 15) is 9.59 Å². The summed E-state index contributed by atoms with van der Waals surface area (Å²) in [5.74, 6) is 4.94. The lowest BCUT2D eigenvalue weighted by molar-refractivity contribution is 0.0971. The molecule has 0 fully saturated rings. The van der Waals surface area contributed by atoms with Crippen LogP contribution in [0.3, 0.4) is 0 Å². The van der Waals surface area contributed by atoms with Crippen LogP contribution in [0, 0.1) is 35.5 Å². The highest BCUT2D eigenvalue weighted by atomic mass is 16.1. The van der Waals surface area contributed by atoms with E-state index in [1.54, 1.807) is 0 Å². The van der Waals surface area contributed by atoms with Crippen LogP contribution >= 0.6 is 0 Å². The molecule has 1 aromatic carbocycles. The molecule has 0 saturated heterocycles. The number of benzene rings is 1. The molecule has 294 valence electrons. The minimum absolute atomic E-state index is 0.0374. The van der Waals surface area contributed by atoms with E-state index in [0.717, 1.165) is 48.3 Å². The van der Waals surface area contributed by atoms with Crippen LogP contribution < -0.4 is 0 Å². The van der Waals surface area contributed by atoms with E-state index in [1.165, 1.54) is 114 Å². The number of allylic oxidation sites excluding steroid dienone is 6. The molecule has 2 rings (SSSR count). The van der Waals surface area contributed by atoms with Crippen molar-refractivity contribution in [1.29, 1.82) is 0 Å². The summed E-state index contributed by atoms with van der Waals surface area (Å²) in [5, 5.41) is 0. The maximum absolute atomic E-state index is 13.8. The zero-order valence-electron chi connectivity index (χ0n) is 35.9. The number of Topliss-reactive ketones (excluding diaryl/α,β-unsaturated/α-hetero) is 2. The van der Waals surface area contributed by atoms with Gasteiger partial charge in [-0.25, -0.2) is 0 Å². The van der Waals surface area contributed by atoms with Gasteiger partial charge < -0.3 is 0 Å². The van der Waals surface area contributed by atoms with Gasteiger partial charge in [0, 0.05) is 22.3 Å². The molecule has 0 spiro atoms. The molecule has 0 heterocycles. The summed E-state index contributed by atoms with van der Waals surface area (Å²) in [6, 6.07) is 7.41. The summed E-state index contributed by atoms with van der Waals surface area (Å²) in [4.78, 5) is 27.5. The van der Waals surface area contributed by atoms with Gasteiger partial charge in [0.05, 0.1) is 0 Å². The van der Waals surface area contributed by atoms with Crippen molar-refractivity contribution in [2.75, 3.05) is 0 Å². The summed E-state index contributed by atoms with van der Waals surface area (Å²) >= 11 is 0. The van der Waals surface area contributed by atoms with Crippen LogP contribution in [0.5, 0.6) is 0 Å². The van der Waals surface area contributed by atoms with Crippen LogP contribution in [-0.2, 0) is 0 Å². The van der Waals surface area contributed by atoms with Gasteiger partial charge in [-0.2, -0.15) is 0 Å². The van der Waals surface area contributed by atoms with E-state index >= 15 is 0 Å². The monoisotopic (exact) mass is 715 g/mol. The van der Waals surface area contributed by atoms with Gasteiger partial charge in [0.15, 0.2) is 11.6 Å². The average molecular weight is 715 g/mol. The molecule has 2 nitrogen and oxygen atoms in total. The number of carbonyl (C=O) groups excluding carboxylic acids is 2. The van der Waals surface area contributed by atoms with Crippen molar-refractivity contribution in [1.82, 2.24) is 0 Å². The smallest absolute Gasteiger partial charge is 0.190 e. The third-order valence-corrected chi connectivity index (χ3v) is 11.9. The number of hydrogen-bond donors (Lipinski definition) is 0. The van der Waals surface area contributed by atoms with E-state index in [4.69, 9.17) is 0 Å². The van der Waals surface area contributed by atoms with E-state index in [-0.39, 0.29) is 11.6 Å². The first kappa shape index (κ1) is 45.9. The lowest BCUT2D eigenvalue weighted by Gasteiger charge is -2.20. The van der Waals surface area contributed by atoms with Crippen molar-refractivity contribution in [3.63, 3.8) is 0 Å². The third-order valence-electron chi connectivity index (χ3n) is 11.9. The highest BCUT2D eigenvalue weighted by Gasteiger charge is 2.30. The largest absolute Gasteiger partial charge is 0.289 e. The Morgan fingerprint density at radius 1 is 0.462 bits per heavy atom. The van der Waals surface area contributed by atoms with Gasteiger partial charge in [0.1, 0.15) is 0 Å². The Labute approximate surface area is 323 Å². The lowest BCUT2D eigenvalue weighted by atomic mass is 9.81. The number of rotatable bonds is 28. The average Bonchev–Trinajstić information content (AvgIpc) is 3.08. The van der Waals surface area contributed by atoms with Crippen LogP contribution in [0.4, 0.5) is 0 Å². The highest BCUT2D eigenvalue weighted by Crippen LogP contribution is 2.32. The standard InChI is InChI=1S/C50H82O2/c1-37(2)19-13-21-39(5)23-15-25-41(7)27-17-29-43(9)33-35-47-48(50(52)46-32-12-11-31-45(46)49(47)51)36-34-44(10)30-18-28-42(8)26-16-24-40(6)22-14-20-38(3)4/h11-12,31-34,37-42H,13-30,35-36H2,1-10H3/b43-33+,44-34+. The molecule has 0 N–H and O–H groups in total.